The second-order valence-electron chi connectivity index (χ2n) is 8.63. The molecule has 192 valence electrons. The first-order chi connectivity index (χ1) is 17.6. The van der Waals surface area contributed by atoms with Gasteiger partial charge in [-0.1, -0.05) is 30.3 Å². The number of para-hydroxylation sites is 1. The molecule has 0 aromatic heterocycles. The Morgan fingerprint density at radius 1 is 0.919 bits per heavy atom. The molecule has 7 nitrogen and oxygen atoms in total. The lowest BCUT2D eigenvalue weighted by molar-refractivity contribution is -0.137. The van der Waals surface area contributed by atoms with E-state index < -0.39 is 23.8 Å². The van der Waals surface area contributed by atoms with Crippen LogP contribution in [0.1, 0.15) is 25.3 Å². The van der Waals surface area contributed by atoms with Crippen molar-refractivity contribution in [3.8, 4) is 11.1 Å². The quantitative estimate of drug-likeness (QED) is 0.415. The van der Waals surface area contributed by atoms with Gasteiger partial charge in [0.25, 0.3) is 0 Å². The summed E-state index contributed by atoms with van der Waals surface area (Å²) in [7, 11) is 0. The Hall–Kier alpha value is -4.34. The molecule has 1 heterocycles. The van der Waals surface area contributed by atoms with Crippen LogP contribution < -0.4 is 20.9 Å². The van der Waals surface area contributed by atoms with Crippen LogP contribution in [0.4, 0.5) is 35.0 Å². The van der Waals surface area contributed by atoms with E-state index in [-0.39, 0.29) is 17.5 Å². The van der Waals surface area contributed by atoms with Crippen LogP contribution in [0.25, 0.3) is 11.1 Å². The number of benzene rings is 3. The van der Waals surface area contributed by atoms with Gasteiger partial charge in [0.15, 0.2) is 0 Å². The minimum absolute atomic E-state index is 0.177. The van der Waals surface area contributed by atoms with Gasteiger partial charge in [0.1, 0.15) is 6.04 Å². The van der Waals surface area contributed by atoms with Crippen molar-refractivity contribution in [2.45, 2.75) is 32.0 Å². The van der Waals surface area contributed by atoms with E-state index in [1.807, 2.05) is 48.5 Å². The largest absolute Gasteiger partial charge is 0.416 e. The van der Waals surface area contributed by atoms with Gasteiger partial charge in [0.2, 0.25) is 11.8 Å². The summed E-state index contributed by atoms with van der Waals surface area (Å²) in [6.45, 7) is 1.93. The molecule has 3 aromatic carbocycles. The van der Waals surface area contributed by atoms with E-state index in [1.54, 1.807) is 4.90 Å². The van der Waals surface area contributed by atoms with Crippen molar-refractivity contribution in [3.63, 3.8) is 0 Å². The van der Waals surface area contributed by atoms with Crippen molar-refractivity contribution in [3.05, 3.63) is 78.4 Å². The monoisotopic (exact) mass is 510 g/mol. The molecule has 0 bridgehead atoms. The number of carbonyl (C=O) groups excluding carboxylic acids is 3. The first-order valence-electron chi connectivity index (χ1n) is 11.6. The number of nitrogens with zero attached hydrogens (tertiary/aromatic N) is 1. The SMILES string of the molecule is CC(=O)Nc1ccccc1-c1ccc(N2CCC[C@@H](NC(=O)Nc3ccc(C(F)(F)F)cc3)C2=O)cc1. The molecule has 37 heavy (non-hydrogen) atoms. The van der Waals surface area contributed by atoms with Crippen LogP contribution in [0.15, 0.2) is 72.8 Å². The minimum atomic E-state index is -4.47. The second kappa shape index (κ2) is 10.7. The molecule has 1 atom stereocenters. The average molecular weight is 511 g/mol. The first kappa shape index (κ1) is 25.7. The summed E-state index contributed by atoms with van der Waals surface area (Å²) in [5, 5.41) is 7.90. The molecule has 4 amide bonds. The number of hydrogen-bond donors (Lipinski definition) is 3. The zero-order valence-corrected chi connectivity index (χ0v) is 19.9. The number of alkyl halides is 3. The number of nitrogens with one attached hydrogen (secondary N) is 3. The standard InChI is InChI=1S/C27H25F3N4O3/c1-17(35)31-23-6-3-2-5-22(23)18-8-14-21(15-9-18)34-16-4-7-24(25(34)36)33-26(37)32-20-12-10-19(11-13-20)27(28,29)30/h2-3,5-6,8-15,24H,4,7,16H2,1H3,(H,31,35)(H2,32,33,37)/t24-/m1/s1. The Kier molecular flexibility index (Phi) is 7.47. The lowest BCUT2D eigenvalue weighted by Gasteiger charge is -2.32. The number of hydrogen-bond acceptors (Lipinski definition) is 3. The van der Waals surface area contributed by atoms with Crippen LogP contribution in [-0.2, 0) is 15.8 Å². The Balaban J connectivity index is 1.41. The van der Waals surface area contributed by atoms with Crippen LogP contribution in [0, 0.1) is 0 Å². The number of carbonyl (C=O) groups is 3. The summed E-state index contributed by atoms with van der Waals surface area (Å²) in [4.78, 5) is 38.6. The summed E-state index contributed by atoms with van der Waals surface area (Å²) in [5.41, 5.74) is 2.42. The number of anilines is 3. The highest BCUT2D eigenvalue weighted by atomic mass is 19.4. The smallest absolute Gasteiger partial charge is 0.326 e. The van der Waals surface area contributed by atoms with E-state index in [0.29, 0.717) is 30.8 Å². The number of piperidine rings is 1. The number of urea groups is 1. The third-order valence-corrected chi connectivity index (χ3v) is 5.94. The molecule has 1 saturated heterocycles. The second-order valence-corrected chi connectivity index (χ2v) is 8.63. The molecule has 0 aliphatic carbocycles. The van der Waals surface area contributed by atoms with Gasteiger partial charge in [-0.3, -0.25) is 9.59 Å². The first-order valence-corrected chi connectivity index (χ1v) is 11.6. The molecule has 1 fully saturated rings. The molecule has 10 heteroatoms. The van der Waals surface area contributed by atoms with Crippen LogP contribution in [0.3, 0.4) is 0 Å². The fraction of sp³-hybridized carbons (Fsp3) is 0.222. The lowest BCUT2D eigenvalue weighted by atomic mass is 10.0. The molecular formula is C27H25F3N4O3. The minimum Gasteiger partial charge on any atom is -0.326 e. The van der Waals surface area contributed by atoms with E-state index >= 15 is 0 Å². The summed E-state index contributed by atoms with van der Waals surface area (Å²) in [6.07, 6.45) is -3.37. The van der Waals surface area contributed by atoms with E-state index in [1.165, 1.54) is 6.92 Å². The summed E-state index contributed by atoms with van der Waals surface area (Å²) in [6, 6.07) is 17.3. The highest BCUT2D eigenvalue weighted by Gasteiger charge is 2.32. The van der Waals surface area contributed by atoms with E-state index in [9.17, 15) is 27.6 Å². The van der Waals surface area contributed by atoms with Gasteiger partial charge in [-0.2, -0.15) is 13.2 Å². The van der Waals surface area contributed by atoms with Crippen molar-refractivity contribution < 1.29 is 27.6 Å². The zero-order chi connectivity index (χ0) is 26.6. The van der Waals surface area contributed by atoms with Crippen molar-refractivity contribution in [1.82, 2.24) is 5.32 Å². The van der Waals surface area contributed by atoms with Crippen LogP contribution >= 0.6 is 0 Å². The van der Waals surface area contributed by atoms with Gasteiger partial charge in [-0.25, -0.2) is 4.79 Å². The predicted octanol–water partition coefficient (Wildman–Crippen LogP) is 5.65. The Labute approximate surface area is 211 Å². The molecule has 1 aliphatic heterocycles. The maximum Gasteiger partial charge on any atom is 0.416 e. The summed E-state index contributed by atoms with van der Waals surface area (Å²) >= 11 is 0. The third kappa shape index (κ3) is 6.27. The maximum atomic E-state index is 13.1. The molecular weight excluding hydrogens is 485 g/mol. The van der Waals surface area contributed by atoms with Crippen molar-refractivity contribution in [2.75, 3.05) is 22.1 Å². The topological polar surface area (TPSA) is 90.5 Å². The number of halogens is 3. The van der Waals surface area contributed by atoms with E-state index in [0.717, 1.165) is 35.4 Å². The zero-order valence-electron chi connectivity index (χ0n) is 19.9. The van der Waals surface area contributed by atoms with Gasteiger partial charge >= 0.3 is 12.2 Å². The van der Waals surface area contributed by atoms with Crippen LogP contribution in [0.2, 0.25) is 0 Å². The molecule has 0 unspecified atom stereocenters. The van der Waals surface area contributed by atoms with Crippen molar-refractivity contribution >= 4 is 34.9 Å². The van der Waals surface area contributed by atoms with Gasteiger partial charge in [0, 0.05) is 36.1 Å². The predicted molar refractivity (Wildman–Crippen MR) is 135 cm³/mol. The van der Waals surface area contributed by atoms with Crippen LogP contribution in [0.5, 0.6) is 0 Å². The van der Waals surface area contributed by atoms with Gasteiger partial charge in [0.05, 0.1) is 5.56 Å². The van der Waals surface area contributed by atoms with Gasteiger partial charge in [-0.05, 0) is 60.9 Å². The molecule has 0 saturated carbocycles. The van der Waals surface area contributed by atoms with Crippen LogP contribution in [-0.4, -0.2) is 30.4 Å². The van der Waals surface area contributed by atoms with E-state index in [2.05, 4.69) is 16.0 Å². The Bertz CT molecular complexity index is 1290. The fourth-order valence-electron chi connectivity index (χ4n) is 4.19. The highest BCUT2D eigenvalue weighted by Crippen LogP contribution is 2.31. The molecule has 0 spiro atoms. The summed E-state index contributed by atoms with van der Waals surface area (Å²) in [5.74, 6) is -0.455. The van der Waals surface area contributed by atoms with Crippen molar-refractivity contribution in [1.29, 1.82) is 0 Å². The fourth-order valence-corrected chi connectivity index (χ4v) is 4.19. The highest BCUT2D eigenvalue weighted by molar-refractivity contribution is 6.01. The van der Waals surface area contributed by atoms with Gasteiger partial charge in [-0.15, -0.1) is 0 Å². The maximum absolute atomic E-state index is 13.1. The third-order valence-electron chi connectivity index (χ3n) is 5.94. The molecule has 3 aromatic rings. The average Bonchev–Trinajstić information content (AvgIpc) is 2.85. The normalized spacial score (nSPS) is 15.7. The Morgan fingerprint density at radius 3 is 2.24 bits per heavy atom. The summed E-state index contributed by atoms with van der Waals surface area (Å²) < 4.78 is 38.2. The van der Waals surface area contributed by atoms with Gasteiger partial charge < -0.3 is 20.9 Å². The number of rotatable bonds is 5. The molecule has 3 N–H and O–H groups in total. The van der Waals surface area contributed by atoms with E-state index in [4.69, 9.17) is 0 Å². The molecule has 0 radical (unpaired) electrons. The molecule has 1 aliphatic rings. The van der Waals surface area contributed by atoms with Crippen molar-refractivity contribution in [2.24, 2.45) is 0 Å². The number of amides is 4. The Morgan fingerprint density at radius 2 is 1.59 bits per heavy atom. The lowest BCUT2D eigenvalue weighted by Crippen LogP contribution is -2.53. The molecule has 4 rings (SSSR count).